The fourth-order valence-electron chi connectivity index (χ4n) is 1.24. The van der Waals surface area contributed by atoms with Crippen molar-refractivity contribution >= 4 is 0 Å². The molecular weight excluding hydrogens is 142 g/mol. The molecule has 0 spiro atoms. The van der Waals surface area contributed by atoms with E-state index in [1.807, 2.05) is 0 Å². The highest BCUT2D eigenvalue weighted by atomic mass is 16.5. The van der Waals surface area contributed by atoms with E-state index in [1.165, 1.54) is 12.8 Å². The summed E-state index contributed by atoms with van der Waals surface area (Å²) >= 11 is 0. The Bertz CT molecular complexity index is 92.1. The van der Waals surface area contributed by atoms with Crippen LogP contribution in [0, 0.1) is 0 Å². The van der Waals surface area contributed by atoms with Gasteiger partial charge in [-0.15, -0.1) is 0 Å². The molecule has 1 saturated heterocycles. The van der Waals surface area contributed by atoms with Crippen molar-refractivity contribution in [2.45, 2.75) is 18.9 Å². The lowest BCUT2D eigenvalue weighted by Crippen LogP contribution is -2.28. The molecule has 0 saturated carbocycles. The maximum atomic E-state index is 5.43. The highest BCUT2D eigenvalue weighted by Gasteiger charge is 2.13. The molecule has 0 aromatic heterocycles. The van der Waals surface area contributed by atoms with E-state index in [0.717, 1.165) is 26.3 Å². The molecule has 1 aliphatic heterocycles. The zero-order valence-electron chi connectivity index (χ0n) is 7.14. The number of hydrogen-bond donors (Lipinski definition) is 1. The van der Waals surface area contributed by atoms with Crippen LogP contribution in [0.4, 0.5) is 0 Å². The van der Waals surface area contributed by atoms with Crippen molar-refractivity contribution in [3.8, 4) is 0 Å². The van der Waals surface area contributed by atoms with Crippen molar-refractivity contribution in [2.24, 2.45) is 0 Å². The second kappa shape index (κ2) is 5.52. The molecule has 0 bridgehead atoms. The van der Waals surface area contributed by atoms with Crippen LogP contribution in [0.2, 0.25) is 0 Å². The lowest BCUT2D eigenvalue weighted by Gasteiger charge is -2.09. The second-order valence-corrected chi connectivity index (χ2v) is 2.83. The average molecular weight is 159 g/mol. The van der Waals surface area contributed by atoms with E-state index in [4.69, 9.17) is 9.47 Å². The highest BCUT2D eigenvalue weighted by molar-refractivity contribution is 4.66. The Morgan fingerprint density at radius 2 is 2.55 bits per heavy atom. The van der Waals surface area contributed by atoms with Crippen LogP contribution in [-0.2, 0) is 9.47 Å². The van der Waals surface area contributed by atoms with Crippen molar-refractivity contribution in [1.82, 2.24) is 5.32 Å². The molecule has 11 heavy (non-hydrogen) atoms. The van der Waals surface area contributed by atoms with Gasteiger partial charge in [0, 0.05) is 26.8 Å². The van der Waals surface area contributed by atoms with Crippen molar-refractivity contribution < 1.29 is 9.47 Å². The summed E-state index contributed by atoms with van der Waals surface area (Å²) in [4.78, 5) is 0. The smallest absolute Gasteiger partial charge is 0.0700 e. The highest BCUT2D eigenvalue weighted by Crippen LogP contribution is 2.10. The van der Waals surface area contributed by atoms with Crippen LogP contribution in [0.5, 0.6) is 0 Å². The van der Waals surface area contributed by atoms with Crippen LogP contribution in [0.25, 0.3) is 0 Å². The quantitative estimate of drug-likeness (QED) is 0.589. The van der Waals surface area contributed by atoms with Gasteiger partial charge in [-0.1, -0.05) is 0 Å². The number of ether oxygens (including phenoxy) is 2. The first-order valence-electron chi connectivity index (χ1n) is 4.24. The van der Waals surface area contributed by atoms with Gasteiger partial charge in [0.1, 0.15) is 0 Å². The molecule has 3 heteroatoms. The van der Waals surface area contributed by atoms with E-state index in [0.29, 0.717) is 6.10 Å². The summed E-state index contributed by atoms with van der Waals surface area (Å²) in [6.07, 6.45) is 2.88. The van der Waals surface area contributed by atoms with Crippen molar-refractivity contribution in [1.29, 1.82) is 0 Å². The minimum Gasteiger partial charge on any atom is -0.383 e. The van der Waals surface area contributed by atoms with Gasteiger partial charge in [0.15, 0.2) is 0 Å². The third-order valence-corrected chi connectivity index (χ3v) is 1.88. The van der Waals surface area contributed by atoms with Crippen LogP contribution in [0.3, 0.4) is 0 Å². The molecule has 0 amide bonds. The molecule has 0 aliphatic carbocycles. The van der Waals surface area contributed by atoms with Crippen molar-refractivity contribution in [2.75, 3.05) is 33.4 Å². The lowest BCUT2D eigenvalue weighted by molar-refractivity contribution is 0.107. The van der Waals surface area contributed by atoms with Gasteiger partial charge in [-0.2, -0.15) is 0 Å². The van der Waals surface area contributed by atoms with E-state index in [9.17, 15) is 0 Å². The summed E-state index contributed by atoms with van der Waals surface area (Å²) in [6.45, 7) is 3.63. The zero-order chi connectivity index (χ0) is 7.94. The minimum atomic E-state index is 0.451. The predicted molar refractivity (Wildman–Crippen MR) is 43.7 cm³/mol. The molecule has 0 radical (unpaired) electrons. The lowest BCUT2D eigenvalue weighted by atomic mass is 10.2. The number of nitrogens with one attached hydrogen (secondary N) is 1. The third-order valence-electron chi connectivity index (χ3n) is 1.88. The topological polar surface area (TPSA) is 30.5 Å². The standard InChI is InChI=1S/C8H17NO2/c1-10-6-4-9-7-8-3-2-5-11-8/h8-9H,2-7H2,1H3. The zero-order valence-corrected chi connectivity index (χ0v) is 7.14. The maximum Gasteiger partial charge on any atom is 0.0700 e. The van der Waals surface area contributed by atoms with Gasteiger partial charge in [0.05, 0.1) is 12.7 Å². The minimum absolute atomic E-state index is 0.451. The van der Waals surface area contributed by atoms with E-state index in [-0.39, 0.29) is 0 Å². The molecule has 1 atom stereocenters. The molecule has 1 fully saturated rings. The molecule has 3 nitrogen and oxygen atoms in total. The van der Waals surface area contributed by atoms with E-state index >= 15 is 0 Å². The second-order valence-electron chi connectivity index (χ2n) is 2.83. The Kier molecular flexibility index (Phi) is 4.50. The average Bonchev–Trinajstić information content (AvgIpc) is 2.50. The molecule has 1 aliphatic rings. The fraction of sp³-hybridized carbons (Fsp3) is 1.00. The van der Waals surface area contributed by atoms with Gasteiger partial charge in [0.2, 0.25) is 0 Å². The van der Waals surface area contributed by atoms with Gasteiger partial charge in [-0.3, -0.25) is 0 Å². The van der Waals surface area contributed by atoms with E-state index < -0.39 is 0 Å². The van der Waals surface area contributed by atoms with Gasteiger partial charge in [-0.05, 0) is 12.8 Å². The van der Waals surface area contributed by atoms with E-state index in [1.54, 1.807) is 7.11 Å². The largest absolute Gasteiger partial charge is 0.383 e. The Morgan fingerprint density at radius 3 is 3.18 bits per heavy atom. The monoisotopic (exact) mass is 159 g/mol. The van der Waals surface area contributed by atoms with Crippen LogP contribution in [-0.4, -0.2) is 39.5 Å². The molecule has 1 heterocycles. The van der Waals surface area contributed by atoms with Crippen LogP contribution >= 0.6 is 0 Å². The number of methoxy groups -OCH3 is 1. The number of hydrogen-bond acceptors (Lipinski definition) is 3. The molecule has 1 rings (SSSR count). The van der Waals surface area contributed by atoms with Gasteiger partial charge < -0.3 is 14.8 Å². The molecule has 0 aromatic rings. The van der Waals surface area contributed by atoms with Crippen LogP contribution in [0.15, 0.2) is 0 Å². The molecule has 0 aromatic carbocycles. The molecule has 66 valence electrons. The number of rotatable bonds is 5. The predicted octanol–water partition coefficient (Wildman–Crippen LogP) is 0.401. The maximum absolute atomic E-state index is 5.43. The summed E-state index contributed by atoms with van der Waals surface area (Å²) in [6, 6.07) is 0. The summed E-state index contributed by atoms with van der Waals surface area (Å²) in [7, 11) is 1.72. The van der Waals surface area contributed by atoms with Crippen molar-refractivity contribution in [3.05, 3.63) is 0 Å². The summed E-state index contributed by atoms with van der Waals surface area (Å²) in [5, 5.41) is 3.28. The summed E-state index contributed by atoms with van der Waals surface area (Å²) in [5.74, 6) is 0. The SMILES string of the molecule is COCCNCC1CCCO1. The van der Waals surface area contributed by atoms with Crippen molar-refractivity contribution in [3.63, 3.8) is 0 Å². The third kappa shape index (κ3) is 3.70. The van der Waals surface area contributed by atoms with Gasteiger partial charge in [-0.25, -0.2) is 0 Å². The van der Waals surface area contributed by atoms with Gasteiger partial charge in [0.25, 0.3) is 0 Å². The normalized spacial score (nSPS) is 24.3. The Labute approximate surface area is 68.1 Å². The van der Waals surface area contributed by atoms with E-state index in [2.05, 4.69) is 5.32 Å². The Hall–Kier alpha value is -0.120. The first kappa shape index (κ1) is 8.97. The van der Waals surface area contributed by atoms with Gasteiger partial charge >= 0.3 is 0 Å². The van der Waals surface area contributed by atoms with Crippen LogP contribution < -0.4 is 5.32 Å². The molecule has 1 unspecified atom stereocenters. The molecule has 1 N–H and O–H groups in total. The summed E-state index contributed by atoms with van der Waals surface area (Å²) in [5.41, 5.74) is 0. The molecular formula is C8H17NO2. The van der Waals surface area contributed by atoms with Crippen LogP contribution in [0.1, 0.15) is 12.8 Å². The Morgan fingerprint density at radius 1 is 1.64 bits per heavy atom. The summed E-state index contributed by atoms with van der Waals surface area (Å²) < 4.78 is 10.3. The fourth-order valence-corrected chi connectivity index (χ4v) is 1.24. The first-order chi connectivity index (χ1) is 5.43. The Balaban J connectivity index is 1.86. The first-order valence-corrected chi connectivity index (χ1v) is 4.24.